The van der Waals surface area contributed by atoms with Gasteiger partial charge in [0.05, 0.1) is 0 Å². The number of ether oxygens (including phenoxy) is 1. The molecule has 0 aromatic carbocycles. The lowest BCUT2D eigenvalue weighted by atomic mass is 9.80. The van der Waals surface area contributed by atoms with E-state index in [2.05, 4.69) is 4.98 Å². The monoisotopic (exact) mass is 288 g/mol. The maximum absolute atomic E-state index is 11.7. The van der Waals surface area contributed by atoms with Gasteiger partial charge in [0, 0.05) is 0 Å². The molecule has 1 aliphatic carbocycles. The first-order valence-electron chi connectivity index (χ1n) is 5.80. The Morgan fingerprint density at radius 1 is 1.44 bits per heavy atom. The molecule has 0 spiro atoms. The summed E-state index contributed by atoms with van der Waals surface area (Å²) < 4.78 is 5.15. The fourth-order valence-electron chi connectivity index (χ4n) is 1.84. The van der Waals surface area contributed by atoms with E-state index in [4.69, 9.17) is 33.7 Å². The zero-order valence-corrected chi connectivity index (χ0v) is 11.2. The molecule has 1 saturated carbocycles. The zero-order chi connectivity index (χ0) is 13.1. The molecule has 1 heterocycles. The standard InChI is InChI=1S/C12H14Cl2N2O2/c13-9-4-7(5-10(14)16-9)6-18-12(17)11(15)8-2-1-3-8/h4-5,8,11H,1-3,6,15H2/t11-/m0/s1. The van der Waals surface area contributed by atoms with Crippen molar-refractivity contribution >= 4 is 29.2 Å². The molecule has 6 heteroatoms. The number of hydrogen-bond acceptors (Lipinski definition) is 4. The van der Waals surface area contributed by atoms with E-state index < -0.39 is 6.04 Å². The summed E-state index contributed by atoms with van der Waals surface area (Å²) in [5, 5.41) is 0.550. The molecule has 0 radical (unpaired) electrons. The SMILES string of the molecule is N[C@H](C(=O)OCc1cc(Cl)nc(Cl)c1)C1CCC1. The summed E-state index contributed by atoms with van der Waals surface area (Å²) in [6.45, 7) is 0.112. The zero-order valence-electron chi connectivity index (χ0n) is 9.73. The van der Waals surface area contributed by atoms with Crippen molar-refractivity contribution < 1.29 is 9.53 Å². The van der Waals surface area contributed by atoms with Crippen LogP contribution in [0.15, 0.2) is 12.1 Å². The van der Waals surface area contributed by atoms with Crippen molar-refractivity contribution in [3.05, 3.63) is 28.0 Å². The van der Waals surface area contributed by atoms with E-state index in [0.717, 1.165) is 19.3 Å². The Labute approximate surface area is 115 Å². The molecular weight excluding hydrogens is 275 g/mol. The van der Waals surface area contributed by atoms with Gasteiger partial charge >= 0.3 is 5.97 Å². The van der Waals surface area contributed by atoms with Crippen LogP contribution in [0.1, 0.15) is 24.8 Å². The molecule has 0 unspecified atom stereocenters. The van der Waals surface area contributed by atoms with Crippen LogP contribution in [-0.4, -0.2) is 17.0 Å². The van der Waals surface area contributed by atoms with Crippen LogP contribution in [0.5, 0.6) is 0 Å². The molecule has 1 aromatic heterocycles. The van der Waals surface area contributed by atoms with Gasteiger partial charge in [0.2, 0.25) is 0 Å². The van der Waals surface area contributed by atoms with Gasteiger partial charge < -0.3 is 10.5 Å². The third kappa shape index (κ3) is 3.34. The third-order valence-electron chi connectivity index (χ3n) is 3.13. The number of pyridine rings is 1. The third-order valence-corrected chi connectivity index (χ3v) is 3.52. The molecule has 0 aliphatic heterocycles. The molecule has 98 valence electrons. The van der Waals surface area contributed by atoms with E-state index in [0.29, 0.717) is 5.56 Å². The lowest BCUT2D eigenvalue weighted by molar-refractivity contribution is -0.148. The molecule has 0 bridgehead atoms. The molecule has 1 aliphatic rings. The van der Waals surface area contributed by atoms with Gasteiger partial charge in [-0.2, -0.15) is 0 Å². The Balaban J connectivity index is 1.88. The van der Waals surface area contributed by atoms with Crippen LogP contribution >= 0.6 is 23.2 Å². The molecular formula is C12H14Cl2N2O2. The number of nitrogens with two attached hydrogens (primary N) is 1. The average Bonchev–Trinajstić information content (AvgIpc) is 2.22. The summed E-state index contributed by atoms with van der Waals surface area (Å²) in [4.78, 5) is 15.5. The first kappa shape index (κ1) is 13.6. The van der Waals surface area contributed by atoms with E-state index >= 15 is 0 Å². The van der Waals surface area contributed by atoms with Crippen LogP contribution in [0.3, 0.4) is 0 Å². The first-order valence-corrected chi connectivity index (χ1v) is 6.56. The van der Waals surface area contributed by atoms with Gasteiger partial charge in [-0.1, -0.05) is 29.6 Å². The van der Waals surface area contributed by atoms with Gasteiger partial charge in [0.1, 0.15) is 23.0 Å². The van der Waals surface area contributed by atoms with Crippen LogP contribution in [0.25, 0.3) is 0 Å². The number of carbonyl (C=O) groups is 1. The lowest BCUT2D eigenvalue weighted by Gasteiger charge is -2.29. The number of aromatic nitrogens is 1. The Kier molecular flexibility index (Phi) is 4.43. The minimum Gasteiger partial charge on any atom is -0.460 e. The summed E-state index contributed by atoms with van der Waals surface area (Å²) in [5.41, 5.74) is 6.51. The van der Waals surface area contributed by atoms with Crippen molar-refractivity contribution in [2.24, 2.45) is 11.7 Å². The molecule has 0 saturated heterocycles. The lowest BCUT2D eigenvalue weighted by Crippen LogP contribution is -2.42. The minimum absolute atomic E-state index is 0.112. The summed E-state index contributed by atoms with van der Waals surface area (Å²) in [6.07, 6.45) is 3.15. The van der Waals surface area contributed by atoms with Crippen LogP contribution in [-0.2, 0) is 16.1 Å². The Bertz CT molecular complexity index is 429. The predicted molar refractivity (Wildman–Crippen MR) is 69.4 cm³/mol. The van der Waals surface area contributed by atoms with Crippen molar-refractivity contribution in [1.82, 2.24) is 4.98 Å². The Hall–Kier alpha value is -0.840. The van der Waals surface area contributed by atoms with Crippen molar-refractivity contribution in [2.75, 3.05) is 0 Å². The van der Waals surface area contributed by atoms with Crippen molar-refractivity contribution in [3.63, 3.8) is 0 Å². The number of esters is 1. The molecule has 2 rings (SSSR count). The number of carbonyl (C=O) groups excluding carboxylic acids is 1. The molecule has 4 nitrogen and oxygen atoms in total. The van der Waals surface area contributed by atoms with Crippen LogP contribution in [0.4, 0.5) is 0 Å². The van der Waals surface area contributed by atoms with Crippen molar-refractivity contribution in [1.29, 1.82) is 0 Å². The fraction of sp³-hybridized carbons (Fsp3) is 0.500. The summed E-state index contributed by atoms with van der Waals surface area (Å²) >= 11 is 11.5. The largest absolute Gasteiger partial charge is 0.460 e. The van der Waals surface area contributed by atoms with Gasteiger partial charge in [-0.25, -0.2) is 4.98 Å². The molecule has 18 heavy (non-hydrogen) atoms. The highest BCUT2D eigenvalue weighted by atomic mass is 35.5. The topological polar surface area (TPSA) is 65.2 Å². The Morgan fingerprint density at radius 3 is 2.56 bits per heavy atom. The van der Waals surface area contributed by atoms with Crippen LogP contribution in [0.2, 0.25) is 10.3 Å². The second-order valence-corrected chi connectivity index (χ2v) is 5.22. The Morgan fingerprint density at radius 2 is 2.06 bits per heavy atom. The van der Waals surface area contributed by atoms with Crippen LogP contribution < -0.4 is 5.73 Å². The highest BCUT2D eigenvalue weighted by Gasteiger charge is 2.30. The van der Waals surface area contributed by atoms with Crippen molar-refractivity contribution in [2.45, 2.75) is 31.9 Å². The number of halogens is 2. The van der Waals surface area contributed by atoms with E-state index in [1.165, 1.54) is 0 Å². The summed E-state index contributed by atoms with van der Waals surface area (Å²) in [6, 6.07) is 2.69. The van der Waals surface area contributed by atoms with Gasteiger partial charge in [-0.05, 0) is 36.5 Å². The second-order valence-electron chi connectivity index (χ2n) is 4.45. The molecule has 2 N–H and O–H groups in total. The highest BCUT2D eigenvalue weighted by molar-refractivity contribution is 6.32. The van der Waals surface area contributed by atoms with E-state index in [1.807, 2.05) is 0 Å². The molecule has 0 amide bonds. The van der Waals surface area contributed by atoms with Gasteiger partial charge in [0.25, 0.3) is 0 Å². The van der Waals surface area contributed by atoms with Gasteiger partial charge in [0.15, 0.2) is 0 Å². The quantitative estimate of drug-likeness (QED) is 0.683. The highest BCUT2D eigenvalue weighted by Crippen LogP contribution is 2.29. The number of nitrogens with zero attached hydrogens (tertiary/aromatic N) is 1. The minimum atomic E-state index is -0.522. The molecule has 1 atom stereocenters. The normalized spacial score (nSPS) is 17.1. The molecule has 1 fully saturated rings. The summed E-state index contributed by atoms with van der Waals surface area (Å²) in [5.74, 6) is -0.106. The fourth-order valence-corrected chi connectivity index (χ4v) is 2.35. The maximum Gasteiger partial charge on any atom is 0.323 e. The first-order chi connectivity index (χ1) is 8.56. The second kappa shape index (κ2) is 5.87. The van der Waals surface area contributed by atoms with Crippen LogP contribution in [0, 0.1) is 5.92 Å². The number of rotatable bonds is 4. The van der Waals surface area contributed by atoms with E-state index in [9.17, 15) is 4.79 Å². The smallest absolute Gasteiger partial charge is 0.323 e. The van der Waals surface area contributed by atoms with Gasteiger partial charge in [-0.3, -0.25) is 4.79 Å². The van der Waals surface area contributed by atoms with Crippen molar-refractivity contribution in [3.8, 4) is 0 Å². The molecule has 1 aromatic rings. The maximum atomic E-state index is 11.7. The van der Waals surface area contributed by atoms with E-state index in [1.54, 1.807) is 12.1 Å². The van der Waals surface area contributed by atoms with Gasteiger partial charge in [-0.15, -0.1) is 0 Å². The van der Waals surface area contributed by atoms with E-state index in [-0.39, 0.29) is 28.8 Å². The average molecular weight is 289 g/mol. The number of hydrogen-bond donors (Lipinski definition) is 1. The summed E-state index contributed by atoms with van der Waals surface area (Å²) in [7, 11) is 0. The predicted octanol–water partition coefficient (Wildman–Crippen LogP) is 2.56.